The Morgan fingerprint density at radius 2 is 1.79 bits per heavy atom. The third-order valence-corrected chi connectivity index (χ3v) is 8.67. The summed E-state index contributed by atoms with van der Waals surface area (Å²) in [5.74, 6) is 0.936. The molecule has 2 aromatic carbocycles. The second-order valence-electron chi connectivity index (χ2n) is 9.21. The van der Waals surface area contributed by atoms with Crippen molar-refractivity contribution >= 4 is 27.5 Å². The molecule has 5 rings (SSSR count). The zero-order valence-corrected chi connectivity index (χ0v) is 21.6. The van der Waals surface area contributed by atoms with Crippen LogP contribution in [0.1, 0.15) is 11.5 Å². The summed E-state index contributed by atoms with van der Waals surface area (Å²) < 4.78 is 38.3. The lowest BCUT2D eigenvalue weighted by molar-refractivity contribution is -0.385. The number of carbonyl (C=O) groups is 1. The van der Waals surface area contributed by atoms with Crippen LogP contribution in [0.4, 0.5) is 16.2 Å². The van der Waals surface area contributed by atoms with Gasteiger partial charge in [-0.1, -0.05) is 11.2 Å². The molecule has 0 saturated carbocycles. The number of nitrogens with zero attached hydrogens (tertiary/aromatic N) is 6. The van der Waals surface area contributed by atoms with Crippen LogP contribution in [0, 0.1) is 24.0 Å². The smallest absolute Gasteiger partial charge is 0.414 e. The first-order chi connectivity index (χ1) is 18.1. The highest BCUT2D eigenvalue weighted by atomic mass is 32.2. The molecule has 2 aliphatic heterocycles. The zero-order valence-electron chi connectivity index (χ0n) is 20.8. The summed E-state index contributed by atoms with van der Waals surface area (Å²) in [5.41, 5.74) is 1.64. The number of nitro benzene ring substituents is 1. The zero-order chi connectivity index (χ0) is 27.0. The Kier molecular flexibility index (Phi) is 6.86. The second-order valence-corrected chi connectivity index (χ2v) is 11.1. The average molecular weight is 543 g/mol. The van der Waals surface area contributed by atoms with Gasteiger partial charge in [0, 0.05) is 63.0 Å². The molecule has 1 aromatic heterocycles. The first-order valence-corrected chi connectivity index (χ1v) is 13.4. The maximum atomic E-state index is 13.2. The molecule has 2 fully saturated rings. The number of aromatic nitrogens is 2. The number of hydrogen-bond acceptors (Lipinski definition) is 10. The number of rotatable bonds is 7. The third-order valence-electron chi connectivity index (χ3n) is 6.63. The number of aryl methyl sites for hydroxylation is 2. The molecule has 2 aliphatic rings. The fraction of sp³-hybridized carbons (Fsp3) is 0.375. The molecule has 14 heteroatoms. The molecule has 3 heterocycles. The van der Waals surface area contributed by atoms with Gasteiger partial charge in [-0.3, -0.25) is 19.9 Å². The van der Waals surface area contributed by atoms with E-state index >= 15 is 0 Å². The minimum Gasteiger partial charge on any atom is -0.443 e. The van der Waals surface area contributed by atoms with E-state index in [-0.39, 0.29) is 29.8 Å². The fourth-order valence-corrected chi connectivity index (χ4v) is 6.26. The van der Waals surface area contributed by atoms with Crippen LogP contribution >= 0.6 is 0 Å². The Balaban J connectivity index is 1.18. The van der Waals surface area contributed by atoms with Crippen molar-refractivity contribution in [3.05, 3.63) is 64.0 Å². The minimum absolute atomic E-state index is 0.0546. The highest BCUT2D eigenvalue weighted by Gasteiger charge is 2.36. The van der Waals surface area contributed by atoms with Gasteiger partial charge in [-0.2, -0.15) is 9.29 Å². The third kappa shape index (κ3) is 5.10. The molecule has 0 aliphatic carbocycles. The molecule has 0 N–H and O–H groups in total. The van der Waals surface area contributed by atoms with E-state index in [1.165, 1.54) is 16.4 Å². The minimum atomic E-state index is -3.88. The molecular formula is C24H26N6O7S. The number of nitro groups is 1. The number of benzene rings is 2. The van der Waals surface area contributed by atoms with Crippen molar-refractivity contribution in [1.29, 1.82) is 0 Å². The SMILES string of the molecule is Cc1nc(-c2ccc(N3CC(CN4CCN(S(=O)(=O)c5cc([N+](=O)[O-])ccc5C)CC4)OC3=O)cc2)no1. The summed E-state index contributed by atoms with van der Waals surface area (Å²) in [6.45, 7) is 5.50. The number of sulfonamides is 1. The number of ether oxygens (including phenoxy) is 1. The number of piperazine rings is 1. The summed E-state index contributed by atoms with van der Waals surface area (Å²) in [7, 11) is -3.88. The van der Waals surface area contributed by atoms with Gasteiger partial charge in [0.15, 0.2) is 0 Å². The maximum absolute atomic E-state index is 13.2. The van der Waals surface area contributed by atoms with Gasteiger partial charge in [0.1, 0.15) is 6.10 Å². The largest absolute Gasteiger partial charge is 0.443 e. The molecule has 2 saturated heterocycles. The molecule has 0 spiro atoms. The maximum Gasteiger partial charge on any atom is 0.414 e. The molecule has 1 amide bonds. The number of carbonyl (C=O) groups excluding carboxylic acids is 1. The monoisotopic (exact) mass is 542 g/mol. The molecule has 0 bridgehead atoms. The van der Waals surface area contributed by atoms with E-state index in [4.69, 9.17) is 9.26 Å². The Labute approximate surface area is 218 Å². The van der Waals surface area contributed by atoms with Crippen LogP contribution in [0.25, 0.3) is 11.4 Å². The number of cyclic esters (lactones) is 1. The predicted octanol–water partition coefficient (Wildman–Crippen LogP) is 2.59. The number of anilines is 1. The number of amides is 1. The van der Waals surface area contributed by atoms with Crippen molar-refractivity contribution < 1.29 is 27.4 Å². The van der Waals surface area contributed by atoms with Crippen LogP contribution in [0.15, 0.2) is 51.9 Å². The van der Waals surface area contributed by atoms with Crippen LogP contribution in [0.2, 0.25) is 0 Å². The topological polar surface area (TPSA) is 152 Å². The quantitative estimate of drug-likeness (QED) is 0.322. The van der Waals surface area contributed by atoms with Crippen molar-refractivity contribution in [3.63, 3.8) is 0 Å². The molecule has 1 atom stereocenters. The van der Waals surface area contributed by atoms with Gasteiger partial charge in [0.05, 0.1) is 16.4 Å². The Bertz CT molecular complexity index is 1470. The van der Waals surface area contributed by atoms with Crippen LogP contribution in [0.5, 0.6) is 0 Å². The van der Waals surface area contributed by atoms with Crippen molar-refractivity contribution in [1.82, 2.24) is 19.3 Å². The molecule has 38 heavy (non-hydrogen) atoms. The van der Waals surface area contributed by atoms with Gasteiger partial charge in [-0.25, -0.2) is 13.2 Å². The van der Waals surface area contributed by atoms with Crippen molar-refractivity contribution in [2.24, 2.45) is 0 Å². The van der Waals surface area contributed by atoms with Crippen molar-refractivity contribution in [2.75, 3.05) is 44.2 Å². The molecule has 0 radical (unpaired) electrons. The fourth-order valence-electron chi connectivity index (χ4n) is 4.59. The van der Waals surface area contributed by atoms with E-state index < -0.39 is 21.0 Å². The van der Waals surface area contributed by atoms with Gasteiger partial charge < -0.3 is 9.26 Å². The second kappa shape index (κ2) is 10.1. The predicted molar refractivity (Wildman–Crippen MR) is 135 cm³/mol. The molecule has 1 unspecified atom stereocenters. The Morgan fingerprint density at radius 1 is 1.08 bits per heavy atom. The normalized spacial score (nSPS) is 19.1. The lowest BCUT2D eigenvalue weighted by atomic mass is 10.2. The van der Waals surface area contributed by atoms with Crippen molar-refractivity contribution in [2.45, 2.75) is 24.8 Å². The highest BCUT2D eigenvalue weighted by molar-refractivity contribution is 7.89. The molecular weight excluding hydrogens is 516 g/mol. The van der Waals surface area contributed by atoms with E-state index in [1.807, 2.05) is 12.1 Å². The highest BCUT2D eigenvalue weighted by Crippen LogP contribution is 2.27. The molecule has 200 valence electrons. The van der Waals surface area contributed by atoms with Crippen LogP contribution in [-0.4, -0.2) is 84.2 Å². The van der Waals surface area contributed by atoms with E-state index in [9.17, 15) is 23.3 Å². The van der Waals surface area contributed by atoms with E-state index in [0.717, 1.165) is 11.6 Å². The number of hydrogen-bond donors (Lipinski definition) is 0. The summed E-state index contributed by atoms with van der Waals surface area (Å²) in [6.07, 6.45) is -0.815. The molecule has 3 aromatic rings. The van der Waals surface area contributed by atoms with Gasteiger partial charge in [-0.15, -0.1) is 0 Å². The summed E-state index contributed by atoms with van der Waals surface area (Å²) in [5, 5.41) is 15.0. The van der Waals surface area contributed by atoms with E-state index in [1.54, 1.807) is 30.9 Å². The lowest BCUT2D eigenvalue weighted by Gasteiger charge is -2.34. The Morgan fingerprint density at radius 3 is 2.42 bits per heavy atom. The molecule has 13 nitrogen and oxygen atoms in total. The number of non-ortho nitro benzene ring substituents is 1. The van der Waals surface area contributed by atoms with Gasteiger partial charge in [0.2, 0.25) is 21.7 Å². The van der Waals surface area contributed by atoms with Crippen molar-refractivity contribution in [3.8, 4) is 11.4 Å². The lowest BCUT2D eigenvalue weighted by Crippen LogP contribution is -2.50. The Hall–Kier alpha value is -3.88. The van der Waals surface area contributed by atoms with Gasteiger partial charge in [-0.05, 0) is 36.8 Å². The van der Waals surface area contributed by atoms with Gasteiger partial charge in [0.25, 0.3) is 5.69 Å². The standard InChI is InChI=1S/C24H26N6O7S/c1-16-3-6-20(30(32)33)13-22(16)38(34,35)28-11-9-27(10-12-28)14-21-15-29(24(31)36-21)19-7-4-18(5-8-19)23-25-17(2)37-26-23/h3-8,13,21H,9-12,14-15H2,1-2H3. The summed E-state index contributed by atoms with van der Waals surface area (Å²) >= 11 is 0. The summed E-state index contributed by atoms with van der Waals surface area (Å²) in [6, 6.07) is 11.1. The van der Waals surface area contributed by atoms with Crippen LogP contribution < -0.4 is 4.90 Å². The summed E-state index contributed by atoms with van der Waals surface area (Å²) in [4.78, 5) is 30.8. The van der Waals surface area contributed by atoms with Gasteiger partial charge >= 0.3 is 6.09 Å². The van der Waals surface area contributed by atoms with Crippen LogP contribution in [-0.2, 0) is 14.8 Å². The first kappa shape index (κ1) is 25.8. The van der Waals surface area contributed by atoms with E-state index in [0.29, 0.717) is 49.1 Å². The van der Waals surface area contributed by atoms with Crippen LogP contribution in [0.3, 0.4) is 0 Å². The van der Waals surface area contributed by atoms with E-state index in [2.05, 4.69) is 15.0 Å². The average Bonchev–Trinajstić information content (AvgIpc) is 3.49. The first-order valence-electron chi connectivity index (χ1n) is 12.0.